The molecule has 4 rings (SSSR count). The van der Waals surface area contributed by atoms with Crippen LogP contribution in [0.3, 0.4) is 0 Å². The Kier molecular flexibility index (Phi) is 7.25. The van der Waals surface area contributed by atoms with Crippen molar-refractivity contribution in [3.63, 3.8) is 0 Å². The maximum atomic E-state index is 10.1. The molecule has 1 aliphatic carbocycles. The zero-order valence-electron chi connectivity index (χ0n) is 17.9. The van der Waals surface area contributed by atoms with Crippen molar-refractivity contribution >= 4 is 0 Å². The van der Waals surface area contributed by atoms with Crippen molar-refractivity contribution in [1.82, 2.24) is 0 Å². The van der Waals surface area contributed by atoms with E-state index < -0.39 is 18.3 Å². The van der Waals surface area contributed by atoms with Gasteiger partial charge in [-0.3, -0.25) is 0 Å². The predicted molar refractivity (Wildman–Crippen MR) is 116 cm³/mol. The lowest BCUT2D eigenvalue weighted by Gasteiger charge is -2.36. The highest BCUT2D eigenvalue weighted by Gasteiger charge is 2.37. The minimum Gasteiger partial charge on any atom is -0.491 e. The van der Waals surface area contributed by atoms with E-state index in [1.165, 1.54) is 29.5 Å². The molecule has 1 saturated carbocycles. The first-order valence-electron chi connectivity index (χ1n) is 11.1. The van der Waals surface area contributed by atoms with Gasteiger partial charge in [-0.25, -0.2) is 0 Å². The third kappa shape index (κ3) is 5.84. The molecule has 1 saturated heterocycles. The van der Waals surface area contributed by atoms with E-state index in [2.05, 4.69) is 31.2 Å². The fraction of sp³-hybridized carbons (Fsp3) is 0.520. The van der Waals surface area contributed by atoms with Gasteiger partial charge in [0.05, 0.1) is 31.5 Å². The molecule has 2 fully saturated rings. The minimum atomic E-state index is -1.06. The first-order chi connectivity index (χ1) is 15.0. The third-order valence-electron chi connectivity index (χ3n) is 6.04. The number of ether oxygens (including phenoxy) is 3. The van der Waals surface area contributed by atoms with Crippen LogP contribution < -0.4 is 4.74 Å². The molecule has 0 spiro atoms. The van der Waals surface area contributed by atoms with Crippen molar-refractivity contribution in [2.75, 3.05) is 19.8 Å². The molecule has 6 heteroatoms. The summed E-state index contributed by atoms with van der Waals surface area (Å²) >= 11 is 0. The van der Waals surface area contributed by atoms with Gasteiger partial charge in [-0.2, -0.15) is 0 Å². The van der Waals surface area contributed by atoms with Gasteiger partial charge in [-0.05, 0) is 60.6 Å². The van der Waals surface area contributed by atoms with Gasteiger partial charge in [0.1, 0.15) is 24.6 Å². The van der Waals surface area contributed by atoms with E-state index in [9.17, 15) is 15.3 Å². The molecule has 0 radical (unpaired) electrons. The van der Waals surface area contributed by atoms with Crippen LogP contribution in [0.2, 0.25) is 0 Å². The Morgan fingerprint density at radius 2 is 1.81 bits per heavy atom. The highest BCUT2D eigenvalue weighted by Crippen LogP contribution is 2.33. The Bertz CT molecular complexity index is 848. The van der Waals surface area contributed by atoms with Crippen LogP contribution in [0.1, 0.15) is 47.6 Å². The zero-order chi connectivity index (χ0) is 21.8. The van der Waals surface area contributed by atoms with Gasteiger partial charge in [0, 0.05) is 6.42 Å². The van der Waals surface area contributed by atoms with Crippen molar-refractivity contribution in [2.45, 2.75) is 63.1 Å². The Morgan fingerprint density at radius 3 is 2.52 bits per heavy atom. The lowest BCUT2D eigenvalue weighted by molar-refractivity contribution is -0.181. The largest absolute Gasteiger partial charge is 0.491 e. The van der Waals surface area contributed by atoms with E-state index in [0.717, 1.165) is 17.7 Å². The summed E-state index contributed by atoms with van der Waals surface area (Å²) in [6, 6.07) is 14.3. The molecule has 168 valence electrons. The molecule has 3 N–H and O–H groups in total. The molecule has 31 heavy (non-hydrogen) atoms. The summed E-state index contributed by atoms with van der Waals surface area (Å²) in [4.78, 5) is 0. The summed E-state index contributed by atoms with van der Waals surface area (Å²) in [7, 11) is 0. The first-order valence-corrected chi connectivity index (χ1v) is 11.1. The number of aryl methyl sites for hydroxylation is 1. The lowest BCUT2D eigenvalue weighted by atomic mass is 9.91. The summed E-state index contributed by atoms with van der Waals surface area (Å²) in [5.74, 6) is 0.840. The highest BCUT2D eigenvalue weighted by atomic mass is 16.5. The topological polar surface area (TPSA) is 88.4 Å². The standard InChI is InChI=1S/C25H32O6/c1-16-2-5-18(23-14-22(27)25(28)24(15-26)31-23)13-19(16)12-17-3-6-20(7-4-17)29-10-11-30-21-8-9-21/h2-7,13,21-28H,8-12,14-15H2,1H3/t22-,23-,24-,25+/m1/s1. The van der Waals surface area contributed by atoms with Gasteiger partial charge in [0.2, 0.25) is 0 Å². The normalized spacial score (nSPS) is 26.1. The average molecular weight is 429 g/mol. The number of aliphatic hydroxyl groups excluding tert-OH is 3. The number of hydrogen-bond donors (Lipinski definition) is 3. The maximum absolute atomic E-state index is 10.1. The second kappa shape index (κ2) is 10.1. The monoisotopic (exact) mass is 428 g/mol. The molecule has 4 atom stereocenters. The smallest absolute Gasteiger partial charge is 0.119 e. The molecule has 0 unspecified atom stereocenters. The van der Waals surface area contributed by atoms with Crippen LogP contribution in [0.4, 0.5) is 0 Å². The molecule has 2 aromatic rings. The van der Waals surface area contributed by atoms with Crippen LogP contribution in [0.25, 0.3) is 0 Å². The van der Waals surface area contributed by atoms with Crippen LogP contribution in [0, 0.1) is 6.92 Å². The summed E-state index contributed by atoms with van der Waals surface area (Å²) in [6.45, 7) is 2.94. The Morgan fingerprint density at radius 1 is 1.03 bits per heavy atom. The van der Waals surface area contributed by atoms with Crippen LogP contribution >= 0.6 is 0 Å². The zero-order valence-corrected chi connectivity index (χ0v) is 17.9. The van der Waals surface area contributed by atoms with E-state index >= 15 is 0 Å². The van der Waals surface area contributed by atoms with Gasteiger partial charge in [-0.15, -0.1) is 0 Å². The number of rotatable bonds is 9. The number of benzene rings is 2. The van der Waals surface area contributed by atoms with Crippen LogP contribution in [0.5, 0.6) is 5.75 Å². The van der Waals surface area contributed by atoms with Gasteiger partial charge in [0.15, 0.2) is 0 Å². The number of aliphatic hydroxyl groups is 3. The van der Waals surface area contributed by atoms with Gasteiger partial charge < -0.3 is 29.5 Å². The SMILES string of the molecule is Cc1ccc([C@H]2C[C@@H](O)[C@H](O)[C@@H](CO)O2)cc1Cc1ccc(OCCOC2CC2)cc1. The molecule has 0 amide bonds. The van der Waals surface area contributed by atoms with Crippen molar-refractivity contribution in [3.8, 4) is 5.75 Å². The second-order valence-electron chi connectivity index (χ2n) is 8.56. The summed E-state index contributed by atoms with van der Waals surface area (Å²) in [5.41, 5.74) is 4.47. The molecule has 2 aliphatic rings. The molecule has 2 aromatic carbocycles. The Labute approximate surface area is 183 Å². The molecule has 6 nitrogen and oxygen atoms in total. The van der Waals surface area contributed by atoms with Crippen molar-refractivity contribution in [2.24, 2.45) is 0 Å². The molecular formula is C25H32O6. The first kappa shape index (κ1) is 22.2. The van der Waals surface area contributed by atoms with Gasteiger partial charge >= 0.3 is 0 Å². The van der Waals surface area contributed by atoms with Crippen LogP contribution in [-0.2, 0) is 15.9 Å². The van der Waals surface area contributed by atoms with E-state index in [-0.39, 0.29) is 12.7 Å². The Balaban J connectivity index is 1.38. The minimum absolute atomic E-state index is 0.302. The lowest BCUT2D eigenvalue weighted by Crippen LogP contribution is -2.47. The highest BCUT2D eigenvalue weighted by molar-refractivity contribution is 5.38. The van der Waals surface area contributed by atoms with Crippen LogP contribution in [-0.4, -0.2) is 59.6 Å². The van der Waals surface area contributed by atoms with Crippen molar-refractivity contribution in [3.05, 3.63) is 64.7 Å². The Hall–Kier alpha value is -1.96. The van der Waals surface area contributed by atoms with E-state index in [4.69, 9.17) is 14.2 Å². The molecule has 0 aromatic heterocycles. The fourth-order valence-corrected chi connectivity index (χ4v) is 3.93. The van der Waals surface area contributed by atoms with Gasteiger partial charge in [0.25, 0.3) is 0 Å². The van der Waals surface area contributed by atoms with Crippen molar-refractivity contribution in [1.29, 1.82) is 0 Å². The van der Waals surface area contributed by atoms with E-state index in [1.807, 2.05) is 18.2 Å². The summed E-state index contributed by atoms with van der Waals surface area (Å²) < 4.78 is 17.2. The molecular weight excluding hydrogens is 396 g/mol. The third-order valence-corrected chi connectivity index (χ3v) is 6.04. The van der Waals surface area contributed by atoms with Crippen molar-refractivity contribution < 1.29 is 29.5 Å². The molecule has 1 aliphatic heterocycles. The average Bonchev–Trinajstić information content (AvgIpc) is 3.60. The fourth-order valence-electron chi connectivity index (χ4n) is 3.93. The quantitative estimate of drug-likeness (QED) is 0.532. The van der Waals surface area contributed by atoms with Crippen LogP contribution in [0.15, 0.2) is 42.5 Å². The summed E-state index contributed by atoms with van der Waals surface area (Å²) in [6.07, 6.45) is 0.758. The summed E-state index contributed by atoms with van der Waals surface area (Å²) in [5, 5.41) is 29.5. The van der Waals surface area contributed by atoms with Gasteiger partial charge in [-0.1, -0.05) is 30.3 Å². The second-order valence-corrected chi connectivity index (χ2v) is 8.56. The molecule has 0 bridgehead atoms. The predicted octanol–water partition coefficient (Wildman–Crippen LogP) is 2.69. The maximum Gasteiger partial charge on any atom is 0.119 e. The van der Waals surface area contributed by atoms with E-state index in [1.54, 1.807) is 0 Å². The number of hydrogen-bond acceptors (Lipinski definition) is 6. The van der Waals surface area contributed by atoms with E-state index in [0.29, 0.717) is 25.7 Å². The molecule has 1 heterocycles.